The van der Waals surface area contributed by atoms with E-state index in [2.05, 4.69) is 11.8 Å². The molecule has 0 spiro atoms. The molecule has 4 nitrogen and oxygen atoms in total. The Kier molecular flexibility index (Phi) is 5.38. The van der Waals surface area contributed by atoms with Crippen LogP contribution >= 0.6 is 0 Å². The van der Waals surface area contributed by atoms with E-state index in [-0.39, 0.29) is 25.0 Å². The third kappa shape index (κ3) is 3.84. The summed E-state index contributed by atoms with van der Waals surface area (Å²) in [4.78, 5) is 14.5. The molecule has 0 radical (unpaired) electrons. The zero-order chi connectivity index (χ0) is 15.2. The number of rotatable bonds is 2. The van der Waals surface area contributed by atoms with E-state index in [1.165, 1.54) is 0 Å². The highest BCUT2D eigenvalue weighted by molar-refractivity contribution is 5.97. The molecular formula is C17H21NO3. The second-order valence-corrected chi connectivity index (χ2v) is 5.45. The summed E-state index contributed by atoms with van der Waals surface area (Å²) in [6.07, 6.45) is 1.88. The van der Waals surface area contributed by atoms with Gasteiger partial charge in [-0.25, -0.2) is 0 Å². The van der Waals surface area contributed by atoms with Crippen LogP contribution in [0.2, 0.25) is 0 Å². The molecule has 2 rings (SSSR count). The first-order chi connectivity index (χ1) is 10.2. The van der Waals surface area contributed by atoms with E-state index in [1.54, 1.807) is 11.0 Å². The Morgan fingerprint density at radius 3 is 2.95 bits per heavy atom. The Morgan fingerprint density at radius 1 is 1.43 bits per heavy atom. The van der Waals surface area contributed by atoms with Crippen molar-refractivity contribution >= 4 is 5.91 Å². The zero-order valence-electron chi connectivity index (χ0n) is 12.3. The number of benzene rings is 1. The number of aryl methyl sites for hydroxylation is 1. The number of hydrogen-bond donors (Lipinski definition) is 2. The lowest BCUT2D eigenvalue weighted by Crippen LogP contribution is -2.41. The fourth-order valence-electron chi connectivity index (χ4n) is 2.65. The molecule has 2 N–H and O–H groups in total. The molecule has 1 heterocycles. The molecule has 1 aromatic rings. The smallest absolute Gasteiger partial charge is 0.255 e. The quantitative estimate of drug-likeness (QED) is 0.803. The van der Waals surface area contributed by atoms with Crippen molar-refractivity contribution in [3.8, 4) is 11.8 Å². The highest BCUT2D eigenvalue weighted by Gasteiger charge is 2.25. The van der Waals surface area contributed by atoms with Gasteiger partial charge in [0.1, 0.15) is 6.61 Å². The highest BCUT2D eigenvalue weighted by Crippen LogP contribution is 2.20. The molecule has 1 unspecified atom stereocenters. The summed E-state index contributed by atoms with van der Waals surface area (Å²) in [5.41, 5.74) is 2.25. The molecule has 0 bridgehead atoms. The molecule has 1 atom stereocenters. The maximum atomic E-state index is 12.7. The van der Waals surface area contributed by atoms with Gasteiger partial charge in [-0.05, 0) is 43.4 Å². The fourth-order valence-corrected chi connectivity index (χ4v) is 2.65. The Hall–Kier alpha value is -1.83. The first-order valence-corrected chi connectivity index (χ1v) is 7.26. The van der Waals surface area contributed by atoms with Gasteiger partial charge in [-0.2, -0.15) is 0 Å². The number of aliphatic hydroxyl groups is 2. The van der Waals surface area contributed by atoms with Gasteiger partial charge in [0, 0.05) is 25.3 Å². The third-order valence-electron chi connectivity index (χ3n) is 3.77. The molecule has 1 saturated heterocycles. The van der Waals surface area contributed by atoms with Crippen LogP contribution in [0.15, 0.2) is 18.2 Å². The number of amides is 1. The van der Waals surface area contributed by atoms with Crippen LogP contribution in [-0.2, 0) is 0 Å². The molecule has 0 aliphatic carbocycles. The standard InChI is InChI=1S/C17H21NO3/c1-13-6-7-16(15(10-13)5-3-9-19)17(21)18-8-2-4-14(11-18)12-20/h6-7,10,14,19-20H,2,4,8-9,11-12H2,1H3. The molecule has 1 aliphatic heterocycles. The van der Waals surface area contributed by atoms with Crippen molar-refractivity contribution in [3.05, 3.63) is 34.9 Å². The SMILES string of the molecule is Cc1ccc(C(=O)N2CCCC(CO)C2)c(C#CCO)c1. The maximum absolute atomic E-state index is 12.7. The van der Waals surface area contributed by atoms with Crippen molar-refractivity contribution < 1.29 is 15.0 Å². The average molecular weight is 287 g/mol. The van der Waals surface area contributed by atoms with Crippen molar-refractivity contribution in [3.63, 3.8) is 0 Å². The van der Waals surface area contributed by atoms with E-state index in [4.69, 9.17) is 5.11 Å². The Bertz CT molecular complexity index is 571. The van der Waals surface area contributed by atoms with E-state index in [9.17, 15) is 9.90 Å². The van der Waals surface area contributed by atoms with Crippen molar-refractivity contribution in [2.24, 2.45) is 5.92 Å². The van der Waals surface area contributed by atoms with Crippen LogP contribution in [0.1, 0.15) is 34.3 Å². The average Bonchev–Trinajstić information content (AvgIpc) is 2.52. The molecule has 1 aliphatic rings. The minimum Gasteiger partial charge on any atom is -0.396 e. The lowest BCUT2D eigenvalue weighted by atomic mass is 9.97. The topological polar surface area (TPSA) is 60.8 Å². The summed E-state index contributed by atoms with van der Waals surface area (Å²) in [6, 6.07) is 5.55. The predicted molar refractivity (Wildman–Crippen MR) is 80.9 cm³/mol. The minimum absolute atomic E-state index is 0.0459. The van der Waals surface area contributed by atoms with Gasteiger partial charge in [0.25, 0.3) is 5.91 Å². The molecule has 1 fully saturated rings. The molecule has 1 amide bonds. The zero-order valence-corrected chi connectivity index (χ0v) is 12.3. The van der Waals surface area contributed by atoms with Crippen LogP contribution in [0.3, 0.4) is 0 Å². The third-order valence-corrected chi connectivity index (χ3v) is 3.77. The van der Waals surface area contributed by atoms with Crippen LogP contribution < -0.4 is 0 Å². The molecule has 112 valence electrons. The van der Waals surface area contributed by atoms with Gasteiger partial charge in [-0.1, -0.05) is 17.9 Å². The lowest BCUT2D eigenvalue weighted by Gasteiger charge is -2.32. The van der Waals surface area contributed by atoms with Gasteiger partial charge in [0.2, 0.25) is 0 Å². The highest BCUT2D eigenvalue weighted by atomic mass is 16.3. The summed E-state index contributed by atoms with van der Waals surface area (Å²) < 4.78 is 0. The predicted octanol–water partition coefficient (Wildman–Crippen LogP) is 1.18. The van der Waals surface area contributed by atoms with Crippen LogP contribution in [-0.4, -0.2) is 47.3 Å². The van der Waals surface area contributed by atoms with Crippen molar-refractivity contribution in [2.75, 3.05) is 26.3 Å². The van der Waals surface area contributed by atoms with Crippen molar-refractivity contribution in [1.29, 1.82) is 0 Å². The number of hydrogen-bond acceptors (Lipinski definition) is 3. The van der Waals surface area contributed by atoms with Gasteiger partial charge in [0.05, 0.1) is 5.56 Å². The summed E-state index contributed by atoms with van der Waals surface area (Å²) in [7, 11) is 0. The molecule has 0 aromatic heterocycles. The van der Waals surface area contributed by atoms with Crippen LogP contribution in [0.5, 0.6) is 0 Å². The number of piperidine rings is 1. The van der Waals surface area contributed by atoms with Crippen molar-refractivity contribution in [1.82, 2.24) is 4.90 Å². The Balaban J connectivity index is 2.26. The number of carbonyl (C=O) groups is 1. The van der Waals surface area contributed by atoms with E-state index >= 15 is 0 Å². The van der Waals surface area contributed by atoms with Crippen LogP contribution in [0.25, 0.3) is 0 Å². The van der Waals surface area contributed by atoms with Crippen molar-refractivity contribution in [2.45, 2.75) is 19.8 Å². The molecule has 4 heteroatoms. The number of nitrogens with zero attached hydrogens (tertiary/aromatic N) is 1. The summed E-state index contributed by atoms with van der Waals surface area (Å²) in [6.45, 7) is 3.15. The van der Waals surface area contributed by atoms with Gasteiger partial charge >= 0.3 is 0 Å². The molecule has 21 heavy (non-hydrogen) atoms. The second-order valence-electron chi connectivity index (χ2n) is 5.45. The second kappa shape index (κ2) is 7.26. The van der Waals surface area contributed by atoms with Gasteiger partial charge in [-0.3, -0.25) is 4.79 Å². The maximum Gasteiger partial charge on any atom is 0.255 e. The lowest BCUT2D eigenvalue weighted by molar-refractivity contribution is 0.0620. The van der Waals surface area contributed by atoms with Crippen LogP contribution in [0, 0.1) is 24.7 Å². The molecular weight excluding hydrogens is 266 g/mol. The summed E-state index contributed by atoms with van der Waals surface area (Å²) in [5, 5.41) is 18.1. The van der Waals surface area contributed by atoms with Gasteiger partial charge < -0.3 is 15.1 Å². The number of aliphatic hydroxyl groups excluding tert-OH is 2. The first kappa shape index (κ1) is 15.6. The minimum atomic E-state index is -0.224. The van der Waals surface area contributed by atoms with Crippen LogP contribution in [0.4, 0.5) is 0 Å². The largest absolute Gasteiger partial charge is 0.396 e. The summed E-state index contributed by atoms with van der Waals surface area (Å²) >= 11 is 0. The van der Waals surface area contributed by atoms with Gasteiger partial charge in [0.15, 0.2) is 0 Å². The van der Waals surface area contributed by atoms with E-state index in [0.29, 0.717) is 17.7 Å². The van der Waals surface area contributed by atoms with E-state index in [0.717, 1.165) is 24.9 Å². The summed E-state index contributed by atoms with van der Waals surface area (Å²) in [5.74, 6) is 5.58. The number of carbonyl (C=O) groups excluding carboxylic acids is 1. The molecule has 0 saturated carbocycles. The monoisotopic (exact) mass is 287 g/mol. The normalized spacial score (nSPS) is 18.0. The first-order valence-electron chi connectivity index (χ1n) is 7.26. The van der Waals surface area contributed by atoms with Gasteiger partial charge in [-0.15, -0.1) is 0 Å². The Morgan fingerprint density at radius 2 is 2.24 bits per heavy atom. The molecule has 1 aromatic carbocycles. The fraction of sp³-hybridized carbons (Fsp3) is 0.471. The van der Waals surface area contributed by atoms with E-state index < -0.39 is 0 Å². The van der Waals surface area contributed by atoms with E-state index in [1.807, 2.05) is 19.1 Å². The Labute approximate surface area is 125 Å². The number of likely N-dealkylation sites (tertiary alicyclic amines) is 1.